The zero-order valence-corrected chi connectivity index (χ0v) is 9.97. The van der Waals surface area contributed by atoms with Crippen LogP contribution in [0.25, 0.3) is 0 Å². The molecule has 1 aromatic heterocycles. The van der Waals surface area contributed by atoms with Crippen molar-refractivity contribution in [1.29, 1.82) is 5.41 Å². The predicted molar refractivity (Wildman–Crippen MR) is 66.3 cm³/mol. The third kappa shape index (κ3) is 3.55. The molecular formula is C11H17N3S. The van der Waals surface area contributed by atoms with Gasteiger partial charge in [-0.1, -0.05) is 19.9 Å². The van der Waals surface area contributed by atoms with Gasteiger partial charge in [-0.2, -0.15) is 11.8 Å². The van der Waals surface area contributed by atoms with E-state index in [0.717, 1.165) is 17.7 Å². The summed E-state index contributed by atoms with van der Waals surface area (Å²) in [6.45, 7) is 4.38. The highest BCUT2D eigenvalue weighted by atomic mass is 32.2. The third-order valence-corrected chi connectivity index (χ3v) is 3.62. The van der Waals surface area contributed by atoms with Gasteiger partial charge >= 0.3 is 0 Å². The molecule has 0 amide bonds. The van der Waals surface area contributed by atoms with Gasteiger partial charge in [0.1, 0.15) is 11.5 Å². The number of aromatic nitrogens is 1. The minimum absolute atomic E-state index is 0.0513. The number of amidine groups is 1. The minimum atomic E-state index is 0.0513. The van der Waals surface area contributed by atoms with Crippen LogP contribution in [0.2, 0.25) is 0 Å². The van der Waals surface area contributed by atoms with E-state index in [0.29, 0.717) is 10.9 Å². The number of thioether (sulfide) groups is 1. The van der Waals surface area contributed by atoms with Crippen LogP contribution >= 0.6 is 11.8 Å². The van der Waals surface area contributed by atoms with Crippen LogP contribution in [0, 0.1) is 5.41 Å². The first-order valence-corrected chi connectivity index (χ1v) is 6.10. The van der Waals surface area contributed by atoms with Crippen LogP contribution in [0.4, 0.5) is 0 Å². The second-order valence-corrected chi connectivity index (χ2v) is 4.88. The lowest BCUT2D eigenvalue weighted by Gasteiger charge is -2.10. The van der Waals surface area contributed by atoms with Crippen molar-refractivity contribution in [3.8, 4) is 0 Å². The van der Waals surface area contributed by atoms with E-state index in [9.17, 15) is 0 Å². The first kappa shape index (κ1) is 12.0. The van der Waals surface area contributed by atoms with Crippen LogP contribution in [0.3, 0.4) is 0 Å². The lowest BCUT2D eigenvalue weighted by atomic mass is 10.2. The average Bonchev–Trinajstić information content (AvgIpc) is 2.26. The van der Waals surface area contributed by atoms with Crippen molar-refractivity contribution in [3.63, 3.8) is 0 Å². The molecule has 1 unspecified atom stereocenters. The zero-order valence-electron chi connectivity index (χ0n) is 9.16. The topological polar surface area (TPSA) is 62.8 Å². The monoisotopic (exact) mass is 223 g/mol. The standard InChI is InChI=1S/C11H17N3S/c1-3-8(2)15-7-9-5-4-6-14-10(9)11(12)13/h4-6,8H,3,7H2,1-2H3,(H3,12,13). The van der Waals surface area contributed by atoms with E-state index in [2.05, 4.69) is 18.8 Å². The molecule has 1 rings (SSSR count). The molecule has 0 spiro atoms. The molecule has 15 heavy (non-hydrogen) atoms. The summed E-state index contributed by atoms with van der Waals surface area (Å²) in [5, 5.41) is 8.04. The third-order valence-electron chi connectivity index (χ3n) is 2.24. The van der Waals surface area contributed by atoms with Gasteiger partial charge in [-0.25, -0.2) is 0 Å². The Kier molecular flexibility index (Phi) is 4.62. The summed E-state index contributed by atoms with van der Waals surface area (Å²) in [7, 11) is 0. The summed E-state index contributed by atoms with van der Waals surface area (Å²) in [4.78, 5) is 4.12. The molecule has 0 fully saturated rings. The van der Waals surface area contributed by atoms with Gasteiger partial charge in [-0.05, 0) is 18.1 Å². The number of nitrogen functional groups attached to an aromatic ring is 1. The minimum Gasteiger partial charge on any atom is -0.382 e. The van der Waals surface area contributed by atoms with Crippen molar-refractivity contribution in [2.45, 2.75) is 31.3 Å². The Labute approximate surface area is 95.0 Å². The van der Waals surface area contributed by atoms with Crippen LogP contribution in [0.1, 0.15) is 31.5 Å². The molecule has 0 saturated carbocycles. The number of nitrogens with two attached hydrogens (primary N) is 1. The molecule has 4 heteroatoms. The van der Waals surface area contributed by atoms with E-state index < -0.39 is 0 Å². The molecule has 1 atom stereocenters. The van der Waals surface area contributed by atoms with Gasteiger partial charge in [-0.15, -0.1) is 0 Å². The van der Waals surface area contributed by atoms with Crippen molar-refractivity contribution in [3.05, 3.63) is 29.6 Å². The molecule has 0 aliphatic heterocycles. The van der Waals surface area contributed by atoms with E-state index in [4.69, 9.17) is 11.1 Å². The highest BCUT2D eigenvalue weighted by Gasteiger charge is 2.07. The van der Waals surface area contributed by atoms with Gasteiger partial charge in [-0.3, -0.25) is 10.4 Å². The van der Waals surface area contributed by atoms with Crippen LogP contribution in [-0.2, 0) is 5.75 Å². The van der Waals surface area contributed by atoms with E-state index in [1.165, 1.54) is 0 Å². The Balaban J connectivity index is 2.72. The van der Waals surface area contributed by atoms with E-state index in [1.807, 2.05) is 23.9 Å². The Morgan fingerprint density at radius 3 is 3.00 bits per heavy atom. The number of hydrogen-bond acceptors (Lipinski definition) is 3. The molecule has 0 saturated heterocycles. The van der Waals surface area contributed by atoms with Gasteiger partial charge in [0.15, 0.2) is 0 Å². The second-order valence-electron chi connectivity index (χ2n) is 3.45. The maximum Gasteiger partial charge on any atom is 0.142 e. The quantitative estimate of drug-likeness (QED) is 0.595. The lowest BCUT2D eigenvalue weighted by Crippen LogP contribution is -2.15. The Bertz CT molecular complexity index is 338. The van der Waals surface area contributed by atoms with Crippen LogP contribution in [0.15, 0.2) is 18.3 Å². The van der Waals surface area contributed by atoms with Crippen LogP contribution < -0.4 is 5.73 Å². The largest absolute Gasteiger partial charge is 0.382 e. The Morgan fingerprint density at radius 2 is 2.40 bits per heavy atom. The number of hydrogen-bond donors (Lipinski definition) is 2. The van der Waals surface area contributed by atoms with E-state index in [1.54, 1.807) is 6.20 Å². The highest BCUT2D eigenvalue weighted by molar-refractivity contribution is 7.99. The highest BCUT2D eigenvalue weighted by Crippen LogP contribution is 2.20. The summed E-state index contributed by atoms with van der Waals surface area (Å²) in [6, 6.07) is 3.87. The summed E-state index contributed by atoms with van der Waals surface area (Å²) in [5.41, 5.74) is 7.13. The molecule has 0 radical (unpaired) electrons. The molecule has 1 heterocycles. The summed E-state index contributed by atoms with van der Waals surface area (Å²) in [6.07, 6.45) is 2.83. The number of pyridine rings is 1. The summed E-state index contributed by atoms with van der Waals surface area (Å²) in [5.74, 6) is 0.924. The molecule has 0 bridgehead atoms. The van der Waals surface area contributed by atoms with Gasteiger partial charge in [0.05, 0.1) is 0 Å². The van der Waals surface area contributed by atoms with E-state index in [-0.39, 0.29) is 5.84 Å². The van der Waals surface area contributed by atoms with E-state index >= 15 is 0 Å². The van der Waals surface area contributed by atoms with Crippen molar-refractivity contribution >= 4 is 17.6 Å². The fourth-order valence-corrected chi connectivity index (χ4v) is 2.08. The van der Waals surface area contributed by atoms with Crippen LogP contribution in [0.5, 0.6) is 0 Å². The smallest absolute Gasteiger partial charge is 0.142 e. The van der Waals surface area contributed by atoms with Gasteiger partial charge in [0.25, 0.3) is 0 Å². The fourth-order valence-electron chi connectivity index (χ4n) is 1.15. The Morgan fingerprint density at radius 1 is 1.67 bits per heavy atom. The zero-order chi connectivity index (χ0) is 11.3. The number of rotatable bonds is 5. The Hall–Kier alpha value is -1.03. The first-order chi connectivity index (χ1) is 7.15. The second kappa shape index (κ2) is 5.75. The lowest BCUT2D eigenvalue weighted by molar-refractivity contribution is 0.905. The molecule has 0 aromatic carbocycles. The van der Waals surface area contributed by atoms with Crippen molar-refractivity contribution in [1.82, 2.24) is 4.98 Å². The summed E-state index contributed by atoms with van der Waals surface area (Å²) >= 11 is 1.87. The predicted octanol–water partition coefficient (Wildman–Crippen LogP) is 2.40. The van der Waals surface area contributed by atoms with Crippen LogP contribution in [-0.4, -0.2) is 16.1 Å². The first-order valence-electron chi connectivity index (χ1n) is 5.05. The van der Waals surface area contributed by atoms with Crippen molar-refractivity contribution < 1.29 is 0 Å². The maximum absolute atomic E-state index is 7.41. The fraction of sp³-hybridized carbons (Fsp3) is 0.455. The molecular weight excluding hydrogens is 206 g/mol. The number of nitrogens with one attached hydrogen (secondary N) is 1. The molecule has 3 N–H and O–H groups in total. The van der Waals surface area contributed by atoms with Crippen molar-refractivity contribution in [2.75, 3.05) is 0 Å². The molecule has 1 aromatic rings. The normalized spacial score (nSPS) is 12.4. The molecule has 3 nitrogen and oxygen atoms in total. The SMILES string of the molecule is CCC(C)SCc1cccnc1C(=N)N. The van der Waals surface area contributed by atoms with Gasteiger partial charge in [0, 0.05) is 17.2 Å². The molecule has 82 valence electrons. The van der Waals surface area contributed by atoms with Gasteiger partial charge in [0.2, 0.25) is 0 Å². The van der Waals surface area contributed by atoms with Gasteiger partial charge < -0.3 is 5.73 Å². The van der Waals surface area contributed by atoms with Crippen molar-refractivity contribution in [2.24, 2.45) is 5.73 Å². The maximum atomic E-state index is 7.41. The number of nitrogens with zero attached hydrogens (tertiary/aromatic N) is 1. The molecule has 0 aliphatic rings. The summed E-state index contributed by atoms with van der Waals surface area (Å²) < 4.78 is 0. The average molecular weight is 223 g/mol. The molecule has 0 aliphatic carbocycles.